The highest BCUT2D eigenvalue weighted by Crippen LogP contribution is 1.88. The second-order valence-electron chi connectivity index (χ2n) is 1.78. The number of nitrogens with two attached hydrogens (primary N) is 1. The Morgan fingerprint density at radius 3 is 3.11 bits per heavy atom. The van der Waals surface area contributed by atoms with Crippen molar-refractivity contribution in [1.82, 2.24) is 5.32 Å². The van der Waals surface area contributed by atoms with E-state index in [9.17, 15) is 4.79 Å². The summed E-state index contributed by atoms with van der Waals surface area (Å²) >= 11 is 0. The van der Waals surface area contributed by atoms with E-state index in [1.54, 1.807) is 24.4 Å². The molecule has 1 atom stereocenters. The highest BCUT2D eigenvalue weighted by molar-refractivity contribution is 5.84. The van der Waals surface area contributed by atoms with Crippen molar-refractivity contribution < 1.29 is 4.79 Å². The minimum atomic E-state index is -0.500. The normalized spacial score (nSPS) is 25.4. The lowest BCUT2D eigenvalue weighted by Gasteiger charge is -2.00. The van der Waals surface area contributed by atoms with Crippen molar-refractivity contribution in [2.75, 3.05) is 0 Å². The third kappa shape index (κ3) is 1.40. The molecule has 1 heterocycles. The van der Waals surface area contributed by atoms with Crippen molar-refractivity contribution in [3.63, 3.8) is 0 Å². The lowest BCUT2D eigenvalue weighted by molar-refractivity contribution is -0.120. The summed E-state index contributed by atoms with van der Waals surface area (Å²) < 4.78 is 0. The molecule has 0 radical (unpaired) electrons. The average molecular weight is 124 g/mol. The Balaban J connectivity index is 2.69. The fourth-order valence-electron chi connectivity index (χ4n) is 0.553. The van der Waals surface area contributed by atoms with Crippen LogP contribution >= 0.6 is 0 Å². The summed E-state index contributed by atoms with van der Waals surface area (Å²) in [6.45, 7) is 0. The molecule has 0 aromatic rings. The van der Waals surface area contributed by atoms with Crippen molar-refractivity contribution in [2.45, 2.75) is 6.04 Å². The minimum absolute atomic E-state index is 0.167. The minimum Gasteiger partial charge on any atom is -0.331 e. The molecule has 1 rings (SSSR count). The van der Waals surface area contributed by atoms with Gasteiger partial charge in [0.1, 0.15) is 6.04 Å². The van der Waals surface area contributed by atoms with Gasteiger partial charge in [-0.2, -0.15) is 0 Å². The molecule has 0 unspecified atom stereocenters. The summed E-state index contributed by atoms with van der Waals surface area (Å²) in [7, 11) is 0. The summed E-state index contributed by atoms with van der Waals surface area (Å²) in [5, 5.41) is 2.49. The lowest BCUT2D eigenvalue weighted by Crippen LogP contribution is -2.35. The molecule has 3 N–H and O–H groups in total. The van der Waals surface area contributed by atoms with Crippen LogP contribution in [0.1, 0.15) is 0 Å². The molecule has 0 bridgehead atoms. The Morgan fingerprint density at radius 1 is 1.56 bits per heavy atom. The molecule has 3 nitrogen and oxygen atoms in total. The maximum Gasteiger partial charge on any atom is 0.244 e. The number of nitrogens with one attached hydrogen (secondary N) is 1. The van der Waals surface area contributed by atoms with Crippen LogP contribution in [0.25, 0.3) is 0 Å². The largest absolute Gasteiger partial charge is 0.331 e. The first-order valence-corrected chi connectivity index (χ1v) is 2.70. The quantitative estimate of drug-likeness (QED) is 0.458. The number of hydrogen-bond acceptors (Lipinski definition) is 2. The molecule has 0 aliphatic carbocycles. The lowest BCUT2D eigenvalue weighted by atomic mass is 10.3. The molecule has 0 saturated heterocycles. The Bertz CT molecular complexity index is 172. The highest BCUT2D eigenvalue weighted by atomic mass is 16.2. The number of carbonyl (C=O) groups excluding carboxylic acids is 1. The van der Waals surface area contributed by atoms with Crippen LogP contribution in [0.3, 0.4) is 0 Å². The maximum atomic E-state index is 10.7. The third-order valence-corrected chi connectivity index (χ3v) is 1.05. The van der Waals surface area contributed by atoms with Crippen molar-refractivity contribution >= 4 is 5.91 Å². The van der Waals surface area contributed by atoms with Gasteiger partial charge in [0.2, 0.25) is 5.91 Å². The summed E-state index contributed by atoms with van der Waals surface area (Å²) in [5.41, 5.74) is 5.34. The van der Waals surface area contributed by atoms with E-state index in [0.717, 1.165) is 0 Å². The van der Waals surface area contributed by atoms with Crippen LogP contribution in [0.2, 0.25) is 0 Å². The van der Waals surface area contributed by atoms with Gasteiger partial charge in [0.05, 0.1) is 0 Å². The fraction of sp³-hybridized carbons (Fsp3) is 0.167. The van der Waals surface area contributed by atoms with Crippen molar-refractivity contribution in [3.8, 4) is 0 Å². The van der Waals surface area contributed by atoms with Crippen molar-refractivity contribution in [3.05, 3.63) is 24.4 Å². The standard InChI is InChI=1S/C6H8N2O/c7-5-3-1-2-4-8-6(5)9/h1-5H,7H2,(H,8,9)/t5-/m0/s1. The van der Waals surface area contributed by atoms with E-state index < -0.39 is 6.04 Å². The van der Waals surface area contributed by atoms with E-state index in [2.05, 4.69) is 5.32 Å². The summed E-state index contributed by atoms with van der Waals surface area (Å²) in [4.78, 5) is 10.7. The van der Waals surface area contributed by atoms with Gasteiger partial charge in [-0.15, -0.1) is 0 Å². The van der Waals surface area contributed by atoms with Crippen LogP contribution in [0.5, 0.6) is 0 Å². The van der Waals surface area contributed by atoms with Gasteiger partial charge in [-0.3, -0.25) is 4.79 Å². The van der Waals surface area contributed by atoms with Crippen LogP contribution in [-0.2, 0) is 4.79 Å². The molecule has 9 heavy (non-hydrogen) atoms. The zero-order valence-electron chi connectivity index (χ0n) is 4.87. The number of amides is 1. The predicted molar refractivity (Wildman–Crippen MR) is 34.4 cm³/mol. The number of hydrogen-bond donors (Lipinski definition) is 2. The van der Waals surface area contributed by atoms with E-state index in [1.807, 2.05) is 0 Å². The van der Waals surface area contributed by atoms with Gasteiger partial charge < -0.3 is 11.1 Å². The molecule has 48 valence electrons. The number of carbonyl (C=O) groups is 1. The van der Waals surface area contributed by atoms with Gasteiger partial charge in [-0.05, 0) is 6.08 Å². The predicted octanol–water partition coefficient (Wildman–Crippen LogP) is -0.487. The Labute approximate surface area is 53.2 Å². The first-order valence-electron chi connectivity index (χ1n) is 2.70. The third-order valence-electron chi connectivity index (χ3n) is 1.05. The molecule has 1 aliphatic heterocycles. The molecular formula is C6H8N2O. The molecule has 0 saturated carbocycles. The van der Waals surface area contributed by atoms with Crippen LogP contribution < -0.4 is 11.1 Å². The zero-order valence-corrected chi connectivity index (χ0v) is 4.87. The average Bonchev–Trinajstić information content (AvgIpc) is 1.99. The van der Waals surface area contributed by atoms with Gasteiger partial charge >= 0.3 is 0 Å². The molecule has 0 fully saturated rings. The van der Waals surface area contributed by atoms with E-state index >= 15 is 0 Å². The maximum absolute atomic E-state index is 10.7. The smallest absolute Gasteiger partial charge is 0.244 e. The van der Waals surface area contributed by atoms with Gasteiger partial charge in [0, 0.05) is 6.20 Å². The van der Waals surface area contributed by atoms with Crippen LogP contribution in [0.15, 0.2) is 24.4 Å². The fourth-order valence-corrected chi connectivity index (χ4v) is 0.553. The van der Waals surface area contributed by atoms with E-state index in [1.165, 1.54) is 0 Å². The second-order valence-corrected chi connectivity index (χ2v) is 1.78. The van der Waals surface area contributed by atoms with Gasteiger partial charge in [0.25, 0.3) is 0 Å². The zero-order chi connectivity index (χ0) is 6.69. The first-order chi connectivity index (χ1) is 4.30. The van der Waals surface area contributed by atoms with Crippen LogP contribution in [-0.4, -0.2) is 11.9 Å². The van der Waals surface area contributed by atoms with E-state index in [0.29, 0.717) is 0 Å². The summed E-state index contributed by atoms with van der Waals surface area (Å²) in [6, 6.07) is -0.500. The second kappa shape index (κ2) is 2.46. The first kappa shape index (κ1) is 6.04. The van der Waals surface area contributed by atoms with Crippen molar-refractivity contribution in [1.29, 1.82) is 0 Å². The Hall–Kier alpha value is -1.09. The molecule has 1 aliphatic rings. The van der Waals surface area contributed by atoms with Gasteiger partial charge in [-0.25, -0.2) is 0 Å². The van der Waals surface area contributed by atoms with E-state index in [4.69, 9.17) is 5.73 Å². The molecule has 0 spiro atoms. The van der Waals surface area contributed by atoms with Crippen molar-refractivity contribution in [2.24, 2.45) is 5.73 Å². The highest BCUT2D eigenvalue weighted by Gasteiger charge is 2.07. The molecule has 3 heteroatoms. The van der Waals surface area contributed by atoms with Gasteiger partial charge in [-0.1, -0.05) is 12.2 Å². The molecule has 1 amide bonds. The summed E-state index contributed by atoms with van der Waals surface area (Å²) in [6.07, 6.45) is 6.66. The Morgan fingerprint density at radius 2 is 2.33 bits per heavy atom. The van der Waals surface area contributed by atoms with E-state index in [-0.39, 0.29) is 5.91 Å². The molecule has 0 aromatic carbocycles. The molecule has 0 aromatic heterocycles. The van der Waals surface area contributed by atoms with Gasteiger partial charge in [0.15, 0.2) is 0 Å². The number of allylic oxidation sites excluding steroid dienone is 2. The van der Waals surface area contributed by atoms with Crippen LogP contribution in [0, 0.1) is 0 Å². The summed E-state index contributed by atoms with van der Waals surface area (Å²) in [5.74, 6) is -0.167. The topological polar surface area (TPSA) is 55.1 Å². The monoisotopic (exact) mass is 124 g/mol. The van der Waals surface area contributed by atoms with Crippen LogP contribution in [0.4, 0.5) is 0 Å². The molecular weight excluding hydrogens is 116 g/mol. The Kier molecular flexibility index (Phi) is 1.65. The number of rotatable bonds is 0. The SMILES string of the molecule is N[C@H]1C=CC=CNC1=O.